The molecule has 0 aliphatic rings. The number of nitrogens with zero attached hydrogens (tertiary/aromatic N) is 3. The Morgan fingerprint density at radius 3 is 2.10 bits per heavy atom. The molecule has 1 atom stereocenters. The Hall–Kier alpha value is -3.49. The molecule has 1 N–H and O–H groups in total. The van der Waals surface area contributed by atoms with Crippen LogP contribution in [0.4, 0.5) is 8.78 Å². The quantitative estimate of drug-likeness (QED) is 0.494. The van der Waals surface area contributed by atoms with Crippen LogP contribution in [0.5, 0.6) is 0 Å². The van der Waals surface area contributed by atoms with Gasteiger partial charge >= 0.3 is 0 Å². The second-order valence-corrected chi connectivity index (χ2v) is 7.06. The summed E-state index contributed by atoms with van der Waals surface area (Å²) in [5, 5.41) is 18.7. The van der Waals surface area contributed by atoms with Gasteiger partial charge in [-0.25, -0.2) is 13.5 Å². The van der Waals surface area contributed by atoms with E-state index >= 15 is 0 Å². The Labute approximate surface area is 176 Å². The summed E-state index contributed by atoms with van der Waals surface area (Å²) >= 11 is 0. The lowest BCUT2D eigenvalue weighted by Crippen LogP contribution is -2.32. The van der Waals surface area contributed by atoms with E-state index < -0.39 is 23.8 Å². The van der Waals surface area contributed by atoms with Crippen molar-refractivity contribution in [1.29, 1.82) is 0 Å². The van der Waals surface area contributed by atoms with E-state index in [1.165, 1.54) is 24.3 Å². The van der Waals surface area contributed by atoms with Gasteiger partial charge in [0, 0.05) is 0 Å². The Bertz CT molecular complexity index is 1180. The Morgan fingerprint density at radius 2 is 1.48 bits per heavy atom. The molecule has 0 bridgehead atoms. The van der Waals surface area contributed by atoms with Gasteiger partial charge < -0.3 is 9.84 Å². The van der Waals surface area contributed by atoms with Crippen LogP contribution in [0.2, 0.25) is 0 Å². The van der Waals surface area contributed by atoms with Gasteiger partial charge in [-0.1, -0.05) is 41.6 Å². The summed E-state index contributed by atoms with van der Waals surface area (Å²) in [6, 6.07) is 18.3. The van der Waals surface area contributed by atoms with Crippen LogP contribution in [0.3, 0.4) is 0 Å². The largest absolute Gasteiger partial charge is 0.389 e. The number of fused-ring (bicyclic) bond motifs is 1. The van der Waals surface area contributed by atoms with E-state index in [2.05, 4.69) is 10.3 Å². The lowest BCUT2D eigenvalue weighted by molar-refractivity contribution is -0.00273. The molecule has 0 amide bonds. The maximum absolute atomic E-state index is 13.3. The molecule has 0 aliphatic heterocycles. The van der Waals surface area contributed by atoms with Crippen LogP contribution in [-0.4, -0.2) is 32.8 Å². The number of rotatable bonds is 7. The molecule has 0 spiro atoms. The second kappa shape index (κ2) is 9.11. The number of hydrogen-bond donors (Lipinski definition) is 1. The van der Waals surface area contributed by atoms with Crippen molar-refractivity contribution in [3.05, 3.63) is 106 Å². The Balaban J connectivity index is 1.51. The van der Waals surface area contributed by atoms with Gasteiger partial charge in [-0.3, -0.25) is 4.79 Å². The molecule has 158 valence electrons. The molecule has 8 heteroatoms. The van der Waals surface area contributed by atoms with Crippen molar-refractivity contribution >= 4 is 10.9 Å². The fraction of sp³-hybridized carbons (Fsp3) is 0.174. The molecule has 0 aliphatic carbocycles. The third kappa shape index (κ3) is 4.82. The highest BCUT2D eigenvalue weighted by atomic mass is 19.1. The van der Waals surface area contributed by atoms with Gasteiger partial charge in [-0.15, -0.1) is 5.10 Å². The summed E-state index contributed by atoms with van der Waals surface area (Å²) in [5.74, 6) is -0.785. The maximum Gasteiger partial charge on any atom is 0.277 e. The van der Waals surface area contributed by atoms with E-state index in [4.69, 9.17) is 4.74 Å². The van der Waals surface area contributed by atoms with E-state index in [1.807, 2.05) is 0 Å². The predicted molar refractivity (Wildman–Crippen MR) is 110 cm³/mol. The molecule has 6 nitrogen and oxygen atoms in total. The Morgan fingerprint density at radius 1 is 0.903 bits per heavy atom. The zero-order chi connectivity index (χ0) is 21.8. The minimum atomic E-state index is -1.06. The van der Waals surface area contributed by atoms with Crippen LogP contribution in [0, 0.1) is 11.6 Å². The molecule has 0 radical (unpaired) electrons. The van der Waals surface area contributed by atoms with Crippen molar-refractivity contribution in [2.45, 2.75) is 18.8 Å². The first-order valence-corrected chi connectivity index (χ1v) is 9.64. The average Bonchev–Trinajstić information content (AvgIpc) is 2.78. The van der Waals surface area contributed by atoms with E-state index in [0.717, 1.165) is 4.68 Å². The van der Waals surface area contributed by atoms with Gasteiger partial charge in [0.05, 0.1) is 24.6 Å². The van der Waals surface area contributed by atoms with Crippen molar-refractivity contribution in [3.8, 4) is 0 Å². The first-order valence-electron chi connectivity index (χ1n) is 9.64. The summed E-state index contributed by atoms with van der Waals surface area (Å²) in [7, 11) is 0. The highest BCUT2D eigenvalue weighted by Crippen LogP contribution is 2.26. The molecule has 31 heavy (non-hydrogen) atoms. The van der Waals surface area contributed by atoms with Crippen LogP contribution in [-0.2, 0) is 11.3 Å². The summed E-state index contributed by atoms with van der Waals surface area (Å²) in [4.78, 5) is 12.5. The number of benzene rings is 3. The minimum absolute atomic E-state index is 0.115. The second-order valence-electron chi connectivity index (χ2n) is 7.06. The minimum Gasteiger partial charge on any atom is -0.389 e. The van der Waals surface area contributed by atoms with E-state index in [1.54, 1.807) is 48.5 Å². The van der Waals surface area contributed by atoms with Gasteiger partial charge in [0.2, 0.25) is 0 Å². The van der Waals surface area contributed by atoms with E-state index in [-0.39, 0.29) is 18.7 Å². The number of ether oxygens (including phenoxy) is 1. The smallest absolute Gasteiger partial charge is 0.277 e. The summed E-state index contributed by atoms with van der Waals surface area (Å²) < 4.78 is 33.7. The molecule has 4 aromatic rings. The molecule has 4 rings (SSSR count). The van der Waals surface area contributed by atoms with Crippen LogP contribution in [0.1, 0.15) is 17.2 Å². The number of aliphatic hydroxyl groups excluding tert-OH is 1. The number of halogens is 2. The van der Waals surface area contributed by atoms with Crippen molar-refractivity contribution < 1.29 is 18.6 Å². The molecule has 0 saturated carbocycles. The van der Waals surface area contributed by atoms with Crippen LogP contribution < -0.4 is 5.56 Å². The zero-order valence-electron chi connectivity index (χ0n) is 16.4. The topological polar surface area (TPSA) is 77.2 Å². The average molecular weight is 423 g/mol. The zero-order valence-corrected chi connectivity index (χ0v) is 16.4. The molecular formula is C23H19F2N3O3. The van der Waals surface area contributed by atoms with Gasteiger partial charge in [0.25, 0.3) is 5.56 Å². The van der Waals surface area contributed by atoms with Crippen molar-refractivity contribution in [2.75, 3.05) is 6.61 Å². The molecular weight excluding hydrogens is 404 g/mol. The standard InChI is InChI=1S/C23H19F2N3O3/c24-17-9-5-15(6-10-17)22(16-7-11-18(25)12-8-16)31-14-19(29)13-28-23(30)20-3-1-2-4-21(20)26-27-28/h1-12,19,22,29H,13-14H2. The van der Waals surface area contributed by atoms with E-state index in [9.17, 15) is 18.7 Å². The lowest BCUT2D eigenvalue weighted by Gasteiger charge is -2.21. The van der Waals surface area contributed by atoms with Gasteiger partial charge in [0.1, 0.15) is 23.3 Å². The monoisotopic (exact) mass is 423 g/mol. The van der Waals surface area contributed by atoms with Crippen LogP contribution in [0.25, 0.3) is 10.9 Å². The molecule has 1 aromatic heterocycles. The van der Waals surface area contributed by atoms with Crippen LogP contribution in [0.15, 0.2) is 77.6 Å². The summed E-state index contributed by atoms with van der Waals surface area (Å²) in [6.07, 6.45) is -1.72. The first kappa shape index (κ1) is 20.8. The first-order chi connectivity index (χ1) is 15.0. The molecule has 3 aromatic carbocycles. The predicted octanol–water partition coefficient (Wildman–Crippen LogP) is 3.24. The summed E-state index contributed by atoms with van der Waals surface area (Å²) in [6.45, 7) is -0.253. The normalized spacial score (nSPS) is 12.4. The maximum atomic E-state index is 13.3. The SMILES string of the molecule is O=c1c2ccccc2nnn1CC(O)COC(c1ccc(F)cc1)c1ccc(F)cc1. The summed E-state index contributed by atoms with van der Waals surface area (Å²) in [5.41, 5.74) is 1.39. The van der Waals surface area contributed by atoms with Gasteiger partial charge in [0.15, 0.2) is 0 Å². The van der Waals surface area contributed by atoms with Gasteiger partial charge in [-0.05, 0) is 47.5 Å². The fourth-order valence-electron chi connectivity index (χ4n) is 3.26. The fourth-order valence-corrected chi connectivity index (χ4v) is 3.26. The highest BCUT2D eigenvalue weighted by Gasteiger charge is 2.18. The number of hydrogen-bond acceptors (Lipinski definition) is 5. The third-order valence-corrected chi connectivity index (χ3v) is 4.81. The van der Waals surface area contributed by atoms with E-state index in [0.29, 0.717) is 22.0 Å². The third-order valence-electron chi connectivity index (χ3n) is 4.81. The molecule has 1 heterocycles. The molecule has 1 unspecified atom stereocenters. The molecule has 0 saturated heterocycles. The lowest BCUT2D eigenvalue weighted by atomic mass is 10.0. The van der Waals surface area contributed by atoms with Crippen molar-refractivity contribution in [3.63, 3.8) is 0 Å². The number of aromatic nitrogens is 3. The highest BCUT2D eigenvalue weighted by molar-refractivity contribution is 5.76. The van der Waals surface area contributed by atoms with Crippen molar-refractivity contribution in [2.24, 2.45) is 0 Å². The Kier molecular flexibility index (Phi) is 6.11. The van der Waals surface area contributed by atoms with Crippen molar-refractivity contribution in [1.82, 2.24) is 15.0 Å². The number of aliphatic hydroxyl groups is 1. The van der Waals surface area contributed by atoms with Gasteiger partial charge in [-0.2, -0.15) is 0 Å². The molecule has 0 fully saturated rings. The van der Waals surface area contributed by atoms with Crippen LogP contribution >= 0.6 is 0 Å².